The molecule has 0 radical (unpaired) electrons. The normalized spacial score (nSPS) is 15.4. The van der Waals surface area contributed by atoms with E-state index >= 15 is 0 Å². The Kier molecular flexibility index (Phi) is 5.33. The minimum absolute atomic E-state index is 0.0442. The lowest BCUT2D eigenvalue weighted by atomic mass is 10.1. The summed E-state index contributed by atoms with van der Waals surface area (Å²) < 4.78 is 7.52. The van der Waals surface area contributed by atoms with Gasteiger partial charge < -0.3 is 9.64 Å². The van der Waals surface area contributed by atoms with Crippen LogP contribution >= 0.6 is 0 Å². The maximum atomic E-state index is 12.4. The first-order valence-electron chi connectivity index (χ1n) is 8.57. The molecule has 0 aliphatic carbocycles. The van der Waals surface area contributed by atoms with Crippen molar-refractivity contribution in [3.8, 4) is 5.75 Å². The highest BCUT2D eigenvalue weighted by Crippen LogP contribution is 2.20. The number of carbonyl (C=O) groups is 1. The van der Waals surface area contributed by atoms with E-state index in [9.17, 15) is 4.79 Å². The molecular weight excluding hydrogens is 318 g/mol. The third-order valence-corrected chi connectivity index (χ3v) is 4.82. The number of benzene rings is 1. The van der Waals surface area contributed by atoms with Crippen LogP contribution in [0.25, 0.3) is 0 Å². The van der Waals surface area contributed by atoms with Gasteiger partial charge in [-0.05, 0) is 31.0 Å². The summed E-state index contributed by atoms with van der Waals surface area (Å²) in [5.74, 6) is 0.832. The Hall–Kier alpha value is -2.41. The Morgan fingerprint density at radius 3 is 2.64 bits per heavy atom. The molecule has 2 aromatic rings. The summed E-state index contributed by atoms with van der Waals surface area (Å²) in [5.41, 5.74) is 3.34. The third kappa shape index (κ3) is 4.17. The summed E-state index contributed by atoms with van der Waals surface area (Å²) in [6.07, 6.45) is 1.79. The molecule has 0 unspecified atom stereocenters. The van der Waals surface area contributed by atoms with Gasteiger partial charge in [0.15, 0.2) is 6.61 Å². The Labute approximate surface area is 148 Å². The third-order valence-electron chi connectivity index (χ3n) is 4.82. The fourth-order valence-electron chi connectivity index (χ4n) is 2.95. The van der Waals surface area contributed by atoms with Crippen molar-refractivity contribution in [2.75, 3.05) is 32.8 Å². The summed E-state index contributed by atoms with van der Waals surface area (Å²) in [5, 5.41) is 7.85. The lowest BCUT2D eigenvalue weighted by Crippen LogP contribution is -2.49. The van der Waals surface area contributed by atoms with Gasteiger partial charge in [-0.3, -0.25) is 14.4 Å². The molecule has 2 heterocycles. The SMILES string of the molecule is Cc1cccc(OCC(=O)N2CCN(Cc3cnnn3C)CC2)c1C. The zero-order chi connectivity index (χ0) is 17.8. The van der Waals surface area contributed by atoms with E-state index < -0.39 is 0 Å². The van der Waals surface area contributed by atoms with Crippen LogP contribution in [0.5, 0.6) is 5.75 Å². The molecule has 0 atom stereocenters. The number of amides is 1. The van der Waals surface area contributed by atoms with Gasteiger partial charge >= 0.3 is 0 Å². The molecular formula is C18H25N5O2. The number of hydrogen-bond acceptors (Lipinski definition) is 5. The van der Waals surface area contributed by atoms with Crippen LogP contribution in [0.1, 0.15) is 16.8 Å². The van der Waals surface area contributed by atoms with Gasteiger partial charge in [0.05, 0.1) is 11.9 Å². The zero-order valence-electron chi connectivity index (χ0n) is 15.1. The van der Waals surface area contributed by atoms with Gasteiger partial charge in [-0.15, -0.1) is 5.10 Å². The van der Waals surface area contributed by atoms with Crippen molar-refractivity contribution in [3.63, 3.8) is 0 Å². The molecule has 134 valence electrons. The first-order valence-corrected chi connectivity index (χ1v) is 8.57. The van der Waals surface area contributed by atoms with Crippen LogP contribution in [0, 0.1) is 13.8 Å². The predicted octanol–water partition coefficient (Wildman–Crippen LogP) is 1.16. The summed E-state index contributed by atoms with van der Waals surface area (Å²) in [6, 6.07) is 5.91. The Balaban J connectivity index is 1.47. The highest BCUT2D eigenvalue weighted by atomic mass is 16.5. The number of ether oxygens (including phenoxy) is 1. The van der Waals surface area contributed by atoms with E-state index in [-0.39, 0.29) is 12.5 Å². The summed E-state index contributed by atoms with van der Waals surface area (Å²) in [7, 11) is 1.90. The molecule has 1 fully saturated rings. The number of rotatable bonds is 5. The van der Waals surface area contributed by atoms with E-state index in [1.807, 2.05) is 44.0 Å². The Morgan fingerprint density at radius 2 is 1.96 bits per heavy atom. The van der Waals surface area contributed by atoms with E-state index in [0.29, 0.717) is 0 Å². The van der Waals surface area contributed by atoms with Crippen LogP contribution in [-0.2, 0) is 18.4 Å². The molecule has 7 heteroatoms. The summed E-state index contributed by atoms with van der Waals surface area (Å²) in [6.45, 7) is 8.10. The molecule has 7 nitrogen and oxygen atoms in total. The standard InChI is InChI=1S/C18H25N5O2/c1-14-5-4-6-17(15(14)2)25-13-18(24)23-9-7-22(8-10-23)12-16-11-19-20-21(16)3/h4-6,11H,7-10,12-13H2,1-3H3. The van der Waals surface area contributed by atoms with Crippen LogP contribution < -0.4 is 4.74 Å². The number of nitrogens with zero attached hydrogens (tertiary/aromatic N) is 5. The van der Waals surface area contributed by atoms with Gasteiger partial charge in [0.2, 0.25) is 0 Å². The van der Waals surface area contributed by atoms with E-state index in [0.717, 1.165) is 49.7 Å². The number of piperazine rings is 1. The number of aryl methyl sites for hydroxylation is 2. The molecule has 1 amide bonds. The lowest BCUT2D eigenvalue weighted by Gasteiger charge is -2.34. The topological polar surface area (TPSA) is 63.5 Å². The second-order valence-corrected chi connectivity index (χ2v) is 6.49. The zero-order valence-corrected chi connectivity index (χ0v) is 15.1. The van der Waals surface area contributed by atoms with Crippen LogP contribution in [0.4, 0.5) is 0 Å². The van der Waals surface area contributed by atoms with Crippen LogP contribution in [0.3, 0.4) is 0 Å². The van der Waals surface area contributed by atoms with Gasteiger partial charge in [0.1, 0.15) is 5.75 Å². The second-order valence-electron chi connectivity index (χ2n) is 6.49. The highest BCUT2D eigenvalue weighted by molar-refractivity contribution is 5.78. The van der Waals surface area contributed by atoms with Crippen LogP contribution in [0.2, 0.25) is 0 Å². The molecule has 0 saturated carbocycles. The van der Waals surface area contributed by atoms with Crippen LogP contribution in [-0.4, -0.2) is 63.5 Å². The van der Waals surface area contributed by atoms with E-state index in [2.05, 4.69) is 15.2 Å². The molecule has 0 spiro atoms. The quantitative estimate of drug-likeness (QED) is 0.815. The van der Waals surface area contributed by atoms with E-state index in [4.69, 9.17) is 4.74 Å². The summed E-state index contributed by atoms with van der Waals surface area (Å²) >= 11 is 0. The van der Waals surface area contributed by atoms with Crippen molar-refractivity contribution in [1.82, 2.24) is 24.8 Å². The van der Waals surface area contributed by atoms with Gasteiger partial charge in [-0.25, -0.2) is 0 Å². The molecule has 1 aliphatic heterocycles. The number of aromatic nitrogens is 3. The maximum Gasteiger partial charge on any atom is 0.260 e. The maximum absolute atomic E-state index is 12.4. The Morgan fingerprint density at radius 1 is 1.20 bits per heavy atom. The largest absolute Gasteiger partial charge is 0.483 e. The molecule has 1 aromatic heterocycles. The lowest BCUT2D eigenvalue weighted by molar-refractivity contribution is -0.135. The van der Waals surface area contributed by atoms with E-state index in [1.54, 1.807) is 10.9 Å². The van der Waals surface area contributed by atoms with Gasteiger partial charge in [0.25, 0.3) is 5.91 Å². The average molecular weight is 343 g/mol. The van der Waals surface area contributed by atoms with E-state index in [1.165, 1.54) is 5.56 Å². The minimum Gasteiger partial charge on any atom is -0.483 e. The molecule has 1 aliphatic rings. The fraction of sp³-hybridized carbons (Fsp3) is 0.500. The first kappa shape index (κ1) is 17.4. The van der Waals surface area contributed by atoms with Gasteiger partial charge in [-0.1, -0.05) is 17.3 Å². The summed E-state index contributed by atoms with van der Waals surface area (Å²) in [4.78, 5) is 16.6. The van der Waals surface area contributed by atoms with Crippen molar-refractivity contribution in [3.05, 3.63) is 41.2 Å². The molecule has 3 rings (SSSR count). The van der Waals surface area contributed by atoms with Crippen molar-refractivity contribution >= 4 is 5.91 Å². The van der Waals surface area contributed by atoms with Gasteiger partial charge in [0, 0.05) is 39.8 Å². The molecule has 25 heavy (non-hydrogen) atoms. The number of carbonyl (C=O) groups excluding carboxylic acids is 1. The van der Waals surface area contributed by atoms with Crippen molar-refractivity contribution in [2.24, 2.45) is 7.05 Å². The first-order chi connectivity index (χ1) is 12.0. The predicted molar refractivity (Wildman–Crippen MR) is 94.3 cm³/mol. The minimum atomic E-state index is 0.0442. The van der Waals surface area contributed by atoms with Gasteiger partial charge in [-0.2, -0.15) is 0 Å². The smallest absolute Gasteiger partial charge is 0.260 e. The monoisotopic (exact) mass is 343 g/mol. The van der Waals surface area contributed by atoms with Crippen molar-refractivity contribution < 1.29 is 9.53 Å². The molecule has 0 N–H and O–H groups in total. The molecule has 1 aromatic carbocycles. The number of hydrogen-bond donors (Lipinski definition) is 0. The second kappa shape index (κ2) is 7.65. The molecule has 1 saturated heterocycles. The Bertz CT molecular complexity index is 735. The van der Waals surface area contributed by atoms with Crippen LogP contribution in [0.15, 0.2) is 24.4 Å². The fourth-order valence-corrected chi connectivity index (χ4v) is 2.95. The van der Waals surface area contributed by atoms with Crippen molar-refractivity contribution in [2.45, 2.75) is 20.4 Å². The van der Waals surface area contributed by atoms with Crippen molar-refractivity contribution in [1.29, 1.82) is 0 Å². The molecule has 0 bridgehead atoms. The highest BCUT2D eigenvalue weighted by Gasteiger charge is 2.22. The average Bonchev–Trinajstić information content (AvgIpc) is 3.01.